The number of hydrogen-bond acceptors (Lipinski definition) is 3. The molecule has 0 fully saturated rings. The molecule has 0 spiro atoms. The summed E-state index contributed by atoms with van der Waals surface area (Å²) in [5.41, 5.74) is 2.17. The van der Waals surface area contributed by atoms with Gasteiger partial charge in [0, 0.05) is 22.7 Å². The highest BCUT2D eigenvalue weighted by Gasteiger charge is 2.10. The molecule has 21 heavy (non-hydrogen) atoms. The molecule has 0 aliphatic heterocycles. The van der Waals surface area contributed by atoms with Crippen LogP contribution >= 0.6 is 0 Å². The maximum absolute atomic E-state index is 12.6. The summed E-state index contributed by atoms with van der Waals surface area (Å²) in [6.45, 7) is 2.50. The van der Waals surface area contributed by atoms with E-state index in [4.69, 9.17) is 4.74 Å². The van der Waals surface area contributed by atoms with Crippen LogP contribution in [0.15, 0.2) is 60.8 Å². The van der Waals surface area contributed by atoms with Crippen molar-refractivity contribution in [1.29, 1.82) is 0 Å². The zero-order valence-electron chi connectivity index (χ0n) is 11.7. The van der Waals surface area contributed by atoms with E-state index in [1.165, 1.54) is 0 Å². The molecule has 0 aliphatic rings. The number of fused-ring (bicyclic) bond motifs is 1. The van der Waals surface area contributed by atoms with Gasteiger partial charge in [-0.25, -0.2) is 0 Å². The van der Waals surface area contributed by atoms with E-state index < -0.39 is 0 Å². The van der Waals surface area contributed by atoms with Crippen LogP contribution in [0.1, 0.15) is 22.8 Å². The molecule has 3 aromatic rings. The monoisotopic (exact) mass is 277 g/mol. The summed E-state index contributed by atoms with van der Waals surface area (Å²) in [5, 5.41) is 0.962. The van der Waals surface area contributed by atoms with Crippen molar-refractivity contribution in [3.63, 3.8) is 0 Å². The first-order chi connectivity index (χ1) is 10.3. The molecule has 0 saturated heterocycles. The molecule has 104 valence electrons. The van der Waals surface area contributed by atoms with Crippen LogP contribution in [0.5, 0.6) is 5.75 Å². The summed E-state index contributed by atoms with van der Waals surface area (Å²) in [5.74, 6) is 0.702. The molecule has 3 heteroatoms. The fourth-order valence-corrected chi connectivity index (χ4v) is 2.28. The van der Waals surface area contributed by atoms with Crippen LogP contribution in [0.4, 0.5) is 0 Å². The Morgan fingerprint density at radius 2 is 1.90 bits per heavy atom. The minimum absolute atomic E-state index is 0.0118. The molecule has 0 saturated carbocycles. The SMILES string of the molecule is CCOc1cccc(C(=O)c2ccc3ncccc3c2)c1. The van der Waals surface area contributed by atoms with E-state index in [9.17, 15) is 4.79 Å². The number of carbonyl (C=O) groups excluding carboxylic acids is 1. The number of rotatable bonds is 4. The number of ether oxygens (including phenoxy) is 1. The first-order valence-electron chi connectivity index (χ1n) is 6.90. The summed E-state index contributed by atoms with van der Waals surface area (Å²) in [6, 6.07) is 16.6. The summed E-state index contributed by atoms with van der Waals surface area (Å²) >= 11 is 0. The fourth-order valence-electron chi connectivity index (χ4n) is 2.28. The van der Waals surface area contributed by atoms with Gasteiger partial charge in [0.1, 0.15) is 5.75 Å². The van der Waals surface area contributed by atoms with Gasteiger partial charge in [0.25, 0.3) is 0 Å². The minimum Gasteiger partial charge on any atom is -0.494 e. The van der Waals surface area contributed by atoms with Crippen molar-refractivity contribution in [2.24, 2.45) is 0 Å². The quantitative estimate of drug-likeness (QED) is 0.680. The van der Waals surface area contributed by atoms with Gasteiger partial charge in [-0.1, -0.05) is 18.2 Å². The van der Waals surface area contributed by atoms with E-state index >= 15 is 0 Å². The van der Waals surface area contributed by atoms with E-state index in [0.717, 1.165) is 10.9 Å². The average molecular weight is 277 g/mol. The van der Waals surface area contributed by atoms with Crippen LogP contribution in [0.25, 0.3) is 10.9 Å². The molecule has 3 rings (SSSR count). The van der Waals surface area contributed by atoms with Crippen LogP contribution in [0.2, 0.25) is 0 Å². The summed E-state index contributed by atoms with van der Waals surface area (Å²) in [7, 11) is 0. The maximum Gasteiger partial charge on any atom is 0.193 e. The van der Waals surface area contributed by atoms with Gasteiger partial charge in [-0.15, -0.1) is 0 Å². The second-order valence-electron chi connectivity index (χ2n) is 4.70. The van der Waals surface area contributed by atoms with Crippen molar-refractivity contribution in [2.45, 2.75) is 6.92 Å². The standard InChI is InChI=1S/C18H15NO2/c1-2-21-16-7-3-5-14(12-16)18(20)15-8-9-17-13(11-15)6-4-10-19-17/h3-12H,2H2,1H3. The molecule has 0 radical (unpaired) electrons. The Kier molecular flexibility index (Phi) is 3.65. The summed E-state index contributed by atoms with van der Waals surface area (Å²) in [4.78, 5) is 16.8. The van der Waals surface area contributed by atoms with Crippen molar-refractivity contribution in [2.75, 3.05) is 6.61 Å². The number of pyridine rings is 1. The minimum atomic E-state index is -0.0118. The molecule has 1 aromatic heterocycles. The first-order valence-corrected chi connectivity index (χ1v) is 6.90. The maximum atomic E-state index is 12.6. The van der Waals surface area contributed by atoms with Crippen molar-refractivity contribution < 1.29 is 9.53 Å². The van der Waals surface area contributed by atoms with Gasteiger partial charge in [0.2, 0.25) is 0 Å². The lowest BCUT2D eigenvalue weighted by Gasteiger charge is -2.06. The zero-order chi connectivity index (χ0) is 14.7. The lowest BCUT2D eigenvalue weighted by molar-refractivity contribution is 0.103. The Bertz CT molecular complexity index is 796. The molecular weight excluding hydrogens is 262 g/mol. The van der Waals surface area contributed by atoms with E-state index in [1.54, 1.807) is 18.3 Å². The number of ketones is 1. The van der Waals surface area contributed by atoms with E-state index in [2.05, 4.69) is 4.98 Å². The van der Waals surface area contributed by atoms with Gasteiger partial charge in [-0.05, 0) is 43.3 Å². The highest BCUT2D eigenvalue weighted by atomic mass is 16.5. The van der Waals surface area contributed by atoms with Crippen molar-refractivity contribution >= 4 is 16.7 Å². The number of nitrogens with zero attached hydrogens (tertiary/aromatic N) is 1. The Morgan fingerprint density at radius 3 is 2.76 bits per heavy atom. The van der Waals surface area contributed by atoms with E-state index in [0.29, 0.717) is 23.5 Å². The Labute approximate surface area is 123 Å². The van der Waals surface area contributed by atoms with Gasteiger partial charge in [-0.2, -0.15) is 0 Å². The van der Waals surface area contributed by atoms with Crippen molar-refractivity contribution in [3.8, 4) is 5.75 Å². The van der Waals surface area contributed by atoms with Crippen molar-refractivity contribution in [3.05, 3.63) is 71.9 Å². The molecule has 0 atom stereocenters. The number of hydrogen-bond donors (Lipinski definition) is 0. The predicted molar refractivity (Wildman–Crippen MR) is 82.8 cm³/mol. The second kappa shape index (κ2) is 5.75. The van der Waals surface area contributed by atoms with Gasteiger partial charge >= 0.3 is 0 Å². The van der Waals surface area contributed by atoms with Gasteiger partial charge in [0.15, 0.2) is 5.78 Å². The average Bonchev–Trinajstić information content (AvgIpc) is 2.54. The molecule has 0 unspecified atom stereocenters. The Hall–Kier alpha value is -2.68. The molecule has 1 heterocycles. The third-order valence-corrected chi connectivity index (χ3v) is 3.27. The van der Waals surface area contributed by atoms with Crippen LogP contribution in [0.3, 0.4) is 0 Å². The van der Waals surface area contributed by atoms with Crippen molar-refractivity contribution in [1.82, 2.24) is 4.98 Å². The molecular formula is C18H15NO2. The van der Waals surface area contributed by atoms with E-state index in [1.807, 2.05) is 49.4 Å². The third-order valence-electron chi connectivity index (χ3n) is 3.27. The highest BCUT2D eigenvalue weighted by Crippen LogP contribution is 2.19. The zero-order valence-corrected chi connectivity index (χ0v) is 11.7. The summed E-state index contributed by atoms with van der Waals surface area (Å²) in [6.07, 6.45) is 1.75. The van der Waals surface area contributed by atoms with Gasteiger partial charge < -0.3 is 4.74 Å². The van der Waals surface area contributed by atoms with Gasteiger partial charge in [-0.3, -0.25) is 9.78 Å². The Balaban J connectivity index is 1.97. The van der Waals surface area contributed by atoms with Gasteiger partial charge in [0.05, 0.1) is 12.1 Å². The molecule has 3 nitrogen and oxygen atoms in total. The Morgan fingerprint density at radius 1 is 1.05 bits per heavy atom. The summed E-state index contributed by atoms with van der Waals surface area (Å²) < 4.78 is 5.44. The van der Waals surface area contributed by atoms with Crippen LogP contribution in [-0.2, 0) is 0 Å². The largest absolute Gasteiger partial charge is 0.494 e. The molecule has 2 aromatic carbocycles. The smallest absolute Gasteiger partial charge is 0.193 e. The number of carbonyl (C=O) groups is 1. The third kappa shape index (κ3) is 2.77. The number of aromatic nitrogens is 1. The van der Waals surface area contributed by atoms with Crippen LogP contribution < -0.4 is 4.74 Å². The highest BCUT2D eigenvalue weighted by molar-refractivity contribution is 6.10. The molecule has 0 aliphatic carbocycles. The molecule has 0 amide bonds. The molecule has 0 N–H and O–H groups in total. The van der Waals surface area contributed by atoms with Crippen LogP contribution in [-0.4, -0.2) is 17.4 Å². The normalized spacial score (nSPS) is 10.5. The topological polar surface area (TPSA) is 39.2 Å². The molecule has 0 bridgehead atoms. The first kappa shape index (κ1) is 13.3. The lowest BCUT2D eigenvalue weighted by atomic mass is 10.0. The van der Waals surface area contributed by atoms with Crippen LogP contribution in [0, 0.1) is 0 Å². The van der Waals surface area contributed by atoms with E-state index in [-0.39, 0.29) is 5.78 Å². The second-order valence-corrected chi connectivity index (χ2v) is 4.70. The fraction of sp³-hybridized carbons (Fsp3) is 0.111. The lowest BCUT2D eigenvalue weighted by Crippen LogP contribution is -2.02. The number of benzene rings is 2. The predicted octanol–water partition coefficient (Wildman–Crippen LogP) is 3.86.